The maximum Gasteiger partial charge on any atom is 0.243 e. The number of hydrogen-bond acceptors (Lipinski definition) is 3. The molecule has 0 aromatic heterocycles. The molecular formula is C13H21ClN2O2S. The summed E-state index contributed by atoms with van der Waals surface area (Å²) in [6, 6.07) is 3.79. The highest BCUT2D eigenvalue weighted by atomic mass is 35.5. The van der Waals surface area contributed by atoms with Crippen LogP contribution in [0.4, 0.5) is 0 Å². The van der Waals surface area contributed by atoms with Crippen molar-refractivity contribution in [2.75, 3.05) is 13.1 Å². The SMILES string of the molecule is Cc1cc(C)c(S(=O)(=O)N2CCC(N)C2)c(C)c1.Cl. The van der Waals surface area contributed by atoms with Crippen LogP contribution in [-0.4, -0.2) is 31.9 Å². The standard InChI is InChI=1S/C13H20N2O2S.ClH/c1-9-6-10(2)13(11(3)7-9)18(16,17)15-5-4-12(14)8-15;/h6-7,12H,4-5,8,14H2,1-3H3;1H. The molecule has 108 valence electrons. The van der Waals surface area contributed by atoms with Crippen molar-refractivity contribution in [3.8, 4) is 0 Å². The third-order valence-corrected chi connectivity index (χ3v) is 5.56. The Labute approximate surface area is 121 Å². The maximum absolute atomic E-state index is 12.6. The quantitative estimate of drug-likeness (QED) is 0.905. The van der Waals surface area contributed by atoms with E-state index >= 15 is 0 Å². The molecule has 0 bridgehead atoms. The van der Waals surface area contributed by atoms with Gasteiger partial charge < -0.3 is 5.73 Å². The lowest BCUT2D eigenvalue weighted by Gasteiger charge is -2.19. The Balaban J connectivity index is 0.00000180. The number of sulfonamides is 1. The summed E-state index contributed by atoms with van der Waals surface area (Å²) in [6.07, 6.45) is 0.739. The van der Waals surface area contributed by atoms with Gasteiger partial charge in [-0.1, -0.05) is 17.7 Å². The second-order valence-corrected chi connectivity index (χ2v) is 7.01. The van der Waals surface area contributed by atoms with Crippen LogP contribution in [-0.2, 0) is 10.0 Å². The van der Waals surface area contributed by atoms with Gasteiger partial charge in [-0.15, -0.1) is 12.4 Å². The number of rotatable bonds is 2. The van der Waals surface area contributed by atoms with Gasteiger partial charge in [0.2, 0.25) is 10.0 Å². The van der Waals surface area contributed by atoms with Crippen molar-refractivity contribution in [3.05, 3.63) is 28.8 Å². The maximum atomic E-state index is 12.6. The minimum absolute atomic E-state index is 0. The predicted molar refractivity (Wildman–Crippen MR) is 79.3 cm³/mol. The first-order valence-corrected chi connectivity index (χ1v) is 7.60. The monoisotopic (exact) mass is 304 g/mol. The Morgan fingerprint density at radius 1 is 1.21 bits per heavy atom. The molecule has 1 aromatic carbocycles. The second-order valence-electron chi connectivity index (χ2n) is 5.14. The van der Waals surface area contributed by atoms with Crippen LogP contribution < -0.4 is 5.73 Å². The molecule has 0 spiro atoms. The van der Waals surface area contributed by atoms with Gasteiger partial charge in [0.15, 0.2) is 0 Å². The fraction of sp³-hybridized carbons (Fsp3) is 0.538. The van der Waals surface area contributed by atoms with Crippen LogP contribution in [0.25, 0.3) is 0 Å². The number of aryl methyl sites for hydroxylation is 3. The first-order valence-electron chi connectivity index (χ1n) is 6.16. The number of nitrogens with two attached hydrogens (primary N) is 1. The lowest BCUT2D eigenvalue weighted by molar-refractivity contribution is 0.471. The molecule has 2 N–H and O–H groups in total. The molecule has 1 aliphatic rings. The summed E-state index contributed by atoms with van der Waals surface area (Å²) in [7, 11) is -3.40. The van der Waals surface area contributed by atoms with Crippen LogP contribution in [0.1, 0.15) is 23.1 Å². The van der Waals surface area contributed by atoms with Gasteiger partial charge in [0.1, 0.15) is 0 Å². The summed E-state index contributed by atoms with van der Waals surface area (Å²) >= 11 is 0. The molecule has 0 saturated carbocycles. The van der Waals surface area contributed by atoms with Crippen molar-refractivity contribution in [3.63, 3.8) is 0 Å². The average Bonchev–Trinajstić information content (AvgIpc) is 2.63. The van der Waals surface area contributed by atoms with Gasteiger partial charge in [-0.05, 0) is 38.3 Å². The molecule has 0 amide bonds. The van der Waals surface area contributed by atoms with Crippen molar-refractivity contribution >= 4 is 22.4 Å². The zero-order valence-corrected chi connectivity index (χ0v) is 13.1. The van der Waals surface area contributed by atoms with Gasteiger partial charge in [-0.25, -0.2) is 8.42 Å². The second kappa shape index (κ2) is 5.79. The van der Waals surface area contributed by atoms with Crippen molar-refractivity contribution < 1.29 is 8.42 Å². The summed E-state index contributed by atoms with van der Waals surface area (Å²) in [4.78, 5) is 0.446. The molecule has 2 rings (SSSR count). The van der Waals surface area contributed by atoms with Crippen molar-refractivity contribution in [1.82, 2.24) is 4.31 Å². The Kier molecular flexibility index (Phi) is 5.01. The van der Waals surface area contributed by atoms with Gasteiger partial charge >= 0.3 is 0 Å². The van der Waals surface area contributed by atoms with E-state index in [2.05, 4.69) is 0 Å². The van der Waals surface area contributed by atoms with Gasteiger partial charge in [0.05, 0.1) is 4.90 Å². The van der Waals surface area contributed by atoms with E-state index < -0.39 is 10.0 Å². The van der Waals surface area contributed by atoms with Crippen LogP contribution in [0.3, 0.4) is 0 Å². The minimum Gasteiger partial charge on any atom is -0.326 e. The number of nitrogens with zero attached hydrogens (tertiary/aromatic N) is 1. The van der Waals surface area contributed by atoms with E-state index in [1.165, 1.54) is 4.31 Å². The zero-order chi connectivity index (χ0) is 13.5. The summed E-state index contributed by atoms with van der Waals surface area (Å²) in [5.74, 6) is 0. The highest BCUT2D eigenvalue weighted by Gasteiger charge is 2.32. The first-order chi connectivity index (χ1) is 8.32. The van der Waals surface area contributed by atoms with Crippen LogP contribution in [0.2, 0.25) is 0 Å². The van der Waals surface area contributed by atoms with E-state index in [9.17, 15) is 8.42 Å². The molecule has 1 fully saturated rings. The molecule has 1 unspecified atom stereocenters. The Morgan fingerprint density at radius 3 is 2.16 bits per heavy atom. The van der Waals surface area contributed by atoms with E-state index in [0.29, 0.717) is 18.0 Å². The molecule has 4 nitrogen and oxygen atoms in total. The third kappa shape index (κ3) is 3.11. The molecule has 1 saturated heterocycles. The van der Waals surface area contributed by atoms with Crippen molar-refractivity contribution in [1.29, 1.82) is 0 Å². The molecule has 1 atom stereocenters. The number of benzene rings is 1. The molecular weight excluding hydrogens is 284 g/mol. The number of hydrogen-bond donors (Lipinski definition) is 1. The fourth-order valence-electron chi connectivity index (χ4n) is 2.68. The van der Waals surface area contributed by atoms with Crippen molar-refractivity contribution in [2.45, 2.75) is 38.1 Å². The lowest BCUT2D eigenvalue weighted by atomic mass is 10.1. The highest BCUT2D eigenvalue weighted by molar-refractivity contribution is 7.89. The van der Waals surface area contributed by atoms with Gasteiger partial charge in [-0.2, -0.15) is 4.31 Å². The fourth-order valence-corrected chi connectivity index (χ4v) is 4.60. The van der Waals surface area contributed by atoms with E-state index in [1.807, 2.05) is 32.9 Å². The topological polar surface area (TPSA) is 63.4 Å². The third-order valence-electron chi connectivity index (χ3n) is 3.39. The molecule has 0 radical (unpaired) electrons. The summed E-state index contributed by atoms with van der Waals surface area (Å²) in [5.41, 5.74) is 8.51. The smallest absolute Gasteiger partial charge is 0.243 e. The molecule has 19 heavy (non-hydrogen) atoms. The molecule has 6 heteroatoms. The van der Waals surface area contributed by atoms with E-state index in [-0.39, 0.29) is 18.4 Å². The predicted octanol–water partition coefficient (Wildman–Crippen LogP) is 1.76. The van der Waals surface area contributed by atoms with Crippen molar-refractivity contribution in [2.24, 2.45) is 5.73 Å². The van der Waals surface area contributed by atoms with E-state index in [4.69, 9.17) is 5.73 Å². The molecule has 1 aromatic rings. The first kappa shape index (κ1) is 16.4. The highest BCUT2D eigenvalue weighted by Crippen LogP contribution is 2.27. The van der Waals surface area contributed by atoms with E-state index in [1.54, 1.807) is 0 Å². The van der Waals surface area contributed by atoms with Gasteiger partial charge in [0.25, 0.3) is 0 Å². The zero-order valence-electron chi connectivity index (χ0n) is 11.5. The molecule has 1 aliphatic heterocycles. The van der Waals surface area contributed by atoms with Crippen LogP contribution in [0, 0.1) is 20.8 Å². The Bertz CT molecular complexity index is 549. The van der Waals surface area contributed by atoms with Crippen LogP contribution in [0.5, 0.6) is 0 Å². The summed E-state index contributed by atoms with van der Waals surface area (Å²) < 4.78 is 26.7. The average molecular weight is 305 g/mol. The van der Waals surface area contributed by atoms with Gasteiger partial charge in [0, 0.05) is 19.1 Å². The Morgan fingerprint density at radius 2 is 1.74 bits per heavy atom. The minimum atomic E-state index is -3.40. The van der Waals surface area contributed by atoms with Crippen LogP contribution >= 0.6 is 12.4 Å². The number of halogens is 1. The Hall–Kier alpha value is -0.620. The molecule has 0 aliphatic carbocycles. The summed E-state index contributed by atoms with van der Waals surface area (Å²) in [5, 5.41) is 0. The van der Waals surface area contributed by atoms with E-state index in [0.717, 1.165) is 23.1 Å². The lowest BCUT2D eigenvalue weighted by Crippen LogP contribution is -2.32. The normalized spacial score (nSPS) is 20.3. The summed E-state index contributed by atoms with van der Waals surface area (Å²) in [6.45, 7) is 6.62. The largest absolute Gasteiger partial charge is 0.326 e. The van der Waals surface area contributed by atoms with Crippen LogP contribution in [0.15, 0.2) is 17.0 Å². The molecule has 1 heterocycles. The van der Waals surface area contributed by atoms with Gasteiger partial charge in [-0.3, -0.25) is 0 Å².